The third kappa shape index (κ3) is 6.87. The molecule has 0 saturated carbocycles. The summed E-state index contributed by atoms with van der Waals surface area (Å²) in [6.45, 7) is 10.4. The van der Waals surface area contributed by atoms with E-state index in [4.69, 9.17) is 28.9 Å². The summed E-state index contributed by atoms with van der Waals surface area (Å²) in [5.41, 5.74) is 7.21. The maximum atomic E-state index is 13.1. The number of rotatable bonds is 11. The van der Waals surface area contributed by atoms with E-state index in [1.165, 1.54) is 5.56 Å². The SMILES string of the molecule is CCCN(C(C)=O)C1CCN(C(CC(C)(C(N)=O)c2ccc(Cl)c(Cl)c2)[C@@H](CC)c2ccccc2)CC1. The number of benzene rings is 2. The van der Waals surface area contributed by atoms with Crippen molar-refractivity contribution in [3.8, 4) is 0 Å². The second-order valence-electron chi connectivity index (χ2n) is 10.5. The smallest absolute Gasteiger partial charge is 0.227 e. The quantitative estimate of drug-likeness (QED) is 0.354. The number of halogens is 2. The van der Waals surface area contributed by atoms with E-state index in [-0.39, 0.29) is 29.8 Å². The number of carbonyl (C=O) groups excluding carboxylic acids is 2. The third-order valence-electron chi connectivity index (χ3n) is 8.13. The van der Waals surface area contributed by atoms with Gasteiger partial charge in [0.2, 0.25) is 11.8 Å². The number of primary amides is 1. The van der Waals surface area contributed by atoms with Crippen molar-refractivity contribution in [1.82, 2.24) is 9.80 Å². The number of nitrogens with two attached hydrogens (primary N) is 1. The molecule has 2 aromatic carbocycles. The van der Waals surface area contributed by atoms with Gasteiger partial charge in [0.25, 0.3) is 0 Å². The minimum atomic E-state index is -0.925. The lowest BCUT2D eigenvalue weighted by Crippen LogP contribution is -2.53. The van der Waals surface area contributed by atoms with E-state index in [1.54, 1.807) is 19.1 Å². The highest BCUT2D eigenvalue weighted by molar-refractivity contribution is 6.42. The molecule has 1 aliphatic rings. The molecule has 202 valence electrons. The first kappa shape index (κ1) is 29.5. The molecular formula is C30H41Cl2N3O2. The van der Waals surface area contributed by atoms with Crippen molar-refractivity contribution in [2.24, 2.45) is 5.73 Å². The molecule has 2 amide bonds. The Morgan fingerprint density at radius 2 is 1.73 bits per heavy atom. The summed E-state index contributed by atoms with van der Waals surface area (Å²) in [5.74, 6) is -0.00775. The van der Waals surface area contributed by atoms with Gasteiger partial charge < -0.3 is 10.6 Å². The molecule has 3 atom stereocenters. The Labute approximate surface area is 232 Å². The molecule has 0 bridgehead atoms. The van der Waals surface area contributed by atoms with E-state index < -0.39 is 5.41 Å². The van der Waals surface area contributed by atoms with E-state index in [2.05, 4.69) is 43.0 Å². The third-order valence-corrected chi connectivity index (χ3v) is 8.87. The monoisotopic (exact) mass is 545 g/mol. The number of carbonyl (C=O) groups is 2. The van der Waals surface area contributed by atoms with Crippen LogP contribution >= 0.6 is 23.2 Å². The van der Waals surface area contributed by atoms with Crippen LogP contribution in [0.4, 0.5) is 0 Å². The molecule has 1 saturated heterocycles. The Morgan fingerprint density at radius 1 is 1.08 bits per heavy atom. The fraction of sp³-hybridized carbons (Fsp3) is 0.533. The molecule has 2 unspecified atom stereocenters. The van der Waals surface area contributed by atoms with E-state index in [9.17, 15) is 9.59 Å². The number of piperidine rings is 1. The van der Waals surface area contributed by atoms with Gasteiger partial charge in [0.15, 0.2) is 0 Å². The Kier molecular flexibility index (Phi) is 10.5. The number of amides is 2. The molecule has 3 rings (SSSR count). The number of hydrogen-bond acceptors (Lipinski definition) is 3. The summed E-state index contributed by atoms with van der Waals surface area (Å²) in [4.78, 5) is 29.9. The summed E-state index contributed by atoms with van der Waals surface area (Å²) in [7, 11) is 0. The second-order valence-corrected chi connectivity index (χ2v) is 11.3. The standard InChI is InChI=1S/C30H41Cl2N3O2/c1-5-16-35(21(3)36)24-14-17-34(18-15-24)28(25(6-2)22-10-8-7-9-11-22)20-30(4,29(33)37)23-12-13-26(31)27(32)19-23/h7-13,19,24-25,28H,5-6,14-18,20H2,1-4H3,(H2,33,37)/t25-,28?,30?/m0/s1. The molecule has 0 radical (unpaired) electrons. The highest BCUT2D eigenvalue weighted by Crippen LogP contribution is 2.40. The zero-order valence-electron chi connectivity index (χ0n) is 22.6. The molecule has 5 nitrogen and oxygen atoms in total. The van der Waals surface area contributed by atoms with Gasteiger partial charge in [-0.1, -0.05) is 73.4 Å². The van der Waals surface area contributed by atoms with Crippen molar-refractivity contribution < 1.29 is 9.59 Å². The average molecular weight is 547 g/mol. The zero-order chi connectivity index (χ0) is 27.2. The molecule has 1 heterocycles. The lowest BCUT2D eigenvalue weighted by Gasteiger charge is -2.46. The van der Waals surface area contributed by atoms with Crippen molar-refractivity contribution in [1.29, 1.82) is 0 Å². The van der Waals surface area contributed by atoms with Crippen LogP contribution in [0.25, 0.3) is 0 Å². The van der Waals surface area contributed by atoms with E-state index in [0.29, 0.717) is 16.5 Å². The van der Waals surface area contributed by atoms with Crippen molar-refractivity contribution in [2.45, 2.75) is 83.2 Å². The number of nitrogens with zero attached hydrogens (tertiary/aromatic N) is 2. The lowest BCUT2D eigenvalue weighted by atomic mass is 9.72. The molecule has 0 spiro atoms. The average Bonchev–Trinajstić information content (AvgIpc) is 2.89. The van der Waals surface area contributed by atoms with Crippen LogP contribution in [-0.2, 0) is 15.0 Å². The molecule has 37 heavy (non-hydrogen) atoms. The topological polar surface area (TPSA) is 66.6 Å². The van der Waals surface area contributed by atoms with Crippen LogP contribution in [0.15, 0.2) is 48.5 Å². The molecule has 2 N–H and O–H groups in total. The minimum Gasteiger partial charge on any atom is -0.369 e. The van der Waals surface area contributed by atoms with Crippen LogP contribution in [0, 0.1) is 0 Å². The zero-order valence-corrected chi connectivity index (χ0v) is 24.1. The highest BCUT2D eigenvalue weighted by Gasteiger charge is 2.42. The first-order chi connectivity index (χ1) is 17.6. The molecule has 7 heteroatoms. The maximum absolute atomic E-state index is 13.1. The summed E-state index contributed by atoms with van der Waals surface area (Å²) in [6.07, 6.45) is 4.28. The van der Waals surface area contributed by atoms with Gasteiger partial charge in [-0.15, -0.1) is 0 Å². The molecule has 1 aliphatic heterocycles. The second kappa shape index (κ2) is 13.1. The summed E-state index contributed by atoms with van der Waals surface area (Å²) < 4.78 is 0. The van der Waals surface area contributed by atoms with Gasteiger partial charge in [-0.3, -0.25) is 14.5 Å². The Balaban J connectivity index is 1.96. The fourth-order valence-electron chi connectivity index (χ4n) is 5.94. The number of likely N-dealkylation sites (tertiary alicyclic amines) is 1. The van der Waals surface area contributed by atoms with Crippen LogP contribution < -0.4 is 5.73 Å². The van der Waals surface area contributed by atoms with Crippen LogP contribution in [-0.4, -0.2) is 53.3 Å². The van der Waals surface area contributed by atoms with Gasteiger partial charge in [-0.05, 0) is 68.2 Å². The van der Waals surface area contributed by atoms with Gasteiger partial charge in [0.05, 0.1) is 15.5 Å². The summed E-state index contributed by atoms with van der Waals surface area (Å²) in [5, 5.41) is 0.869. The van der Waals surface area contributed by atoms with Crippen molar-refractivity contribution >= 4 is 35.0 Å². The Morgan fingerprint density at radius 3 is 2.24 bits per heavy atom. The van der Waals surface area contributed by atoms with Crippen LogP contribution in [0.1, 0.15) is 76.8 Å². The molecule has 0 aromatic heterocycles. The largest absolute Gasteiger partial charge is 0.369 e. The number of hydrogen-bond donors (Lipinski definition) is 1. The van der Waals surface area contributed by atoms with Crippen molar-refractivity contribution in [3.63, 3.8) is 0 Å². The van der Waals surface area contributed by atoms with E-state index >= 15 is 0 Å². The van der Waals surface area contributed by atoms with Crippen LogP contribution in [0.5, 0.6) is 0 Å². The fourth-order valence-corrected chi connectivity index (χ4v) is 6.24. The van der Waals surface area contributed by atoms with Gasteiger partial charge in [0.1, 0.15) is 0 Å². The summed E-state index contributed by atoms with van der Waals surface area (Å²) in [6, 6.07) is 16.2. The first-order valence-electron chi connectivity index (χ1n) is 13.4. The van der Waals surface area contributed by atoms with Gasteiger partial charge in [-0.25, -0.2) is 0 Å². The minimum absolute atomic E-state index is 0.0808. The predicted molar refractivity (Wildman–Crippen MR) is 153 cm³/mol. The van der Waals surface area contributed by atoms with E-state index in [0.717, 1.165) is 50.9 Å². The van der Waals surface area contributed by atoms with Crippen LogP contribution in [0.3, 0.4) is 0 Å². The van der Waals surface area contributed by atoms with Crippen molar-refractivity contribution in [3.05, 3.63) is 69.7 Å². The lowest BCUT2D eigenvalue weighted by molar-refractivity contribution is -0.132. The highest BCUT2D eigenvalue weighted by atomic mass is 35.5. The maximum Gasteiger partial charge on any atom is 0.227 e. The van der Waals surface area contributed by atoms with Gasteiger partial charge >= 0.3 is 0 Å². The molecule has 1 fully saturated rings. The van der Waals surface area contributed by atoms with Gasteiger partial charge in [0, 0.05) is 38.6 Å². The van der Waals surface area contributed by atoms with E-state index in [1.807, 2.05) is 24.0 Å². The Bertz CT molecular complexity index is 1060. The Hall–Kier alpha value is -2.08. The molecular weight excluding hydrogens is 505 g/mol. The first-order valence-corrected chi connectivity index (χ1v) is 14.2. The van der Waals surface area contributed by atoms with Gasteiger partial charge in [-0.2, -0.15) is 0 Å². The predicted octanol–water partition coefficient (Wildman–Crippen LogP) is 6.41. The molecule has 2 aromatic rings. The summed E-state index contributed by atoms with van der Waals surface area (Å²) >= 11 is 12.6. The normalized spacial score (nSPS) is 18.1. The molecule has 0 aliphatic carbocycles. The van der Waals surface area contributed by atoms with Crippen molar-refractivity contribution in [2.75, 3.05) is 19.6 Å². The van der Waals surface area contributed by atoms with Crippen LogP contribution in [0.2, 0.25) is 10.0 Å².